The first kappa shape index (κ1) is 20.6. The van der Waals surface area contributed by atoms with Gasteiger partial charge in [-0.3, -0.25) is 9.59 Å². The van der Waals surface area contributed by atoms with Crippen LogP contribution in [0.4, 0.5) is 8.78 Å². The number of halogens is 2. The molecule has 3 aromatic rings. The van der Waals surface area contributed by atoms with Gasteiger partial charge in [0.25, 0.3) is 11.8 Å². The van der Waals surface area contributed by atoms with E-state index in [1.54, 1.807) is 15.8 Å². The molecule has 1 fully saturated rings. The van der Waals surface area contributed by atoms with Crippen LogP contribution in [-0.2, 0) is 0 Å². The number of aromatic nitrogens is 3. The maximum Gasteiger partial charge on any atom is 0.276 e. The summed E-state index contributed by atoms with van der Waals surface area (Å²) in [6.45, 7) is 2.88. The molecule has 1 saturated heterocycles. The van der Waals surface area contributed by atoms with Gasteiger partial charge in [0.2, 0.25) is 0 Å². The number of likely N-dealkylation sites (tertiary alicyclic amines) is 1. The quantitative estimate of drug-likeness (QED) is 0.697. The Bertz CT molecular complexity index is 1110. The fourth-order valence-corrected chi connectivity index (χ4v) is 3.48. The van der Waals surface area contributed by atoms with E-state index < -0.39 is 17.5 Å². The van der Waals surface area contributed by atoms with Crippen LogP contribution in [0.1, 0.15) is 39.3 Å². The fraction of sp³-hybridized carbons (Fsp3) is 0.273. The molecule has 9 heteroatoms. The maximum absolute atomic E-state index is 13.3. The van der Waals surface area contributed by atoms with E-state index in [0.717, 1.165) is 23.4 Å². The molecule has 0 atom stereocenters. The predicted octanol–water partition coefficient (Wildman–Crippen LogP) is 2.89. The van der Waals surface area contributed by atoms with E-state index in [9.17, 15) is 18.4 Å². The van der Waals surface area contributed by atoms with Crippen molar-refractivity contribution in [3.63, 3.8) is 0 Å². The number of hydrogen-bond donors (Lipinski definition) is 1. The average Bonchev–Trinajstić information content (AvgIpc) is 3.26. The zero-order valence-electron chi connectivity index (χ0n) is 16.9. The van der Waals surface area contributed by atoms with E-state index in [-0.39, 0.29) is 23.2 Å². The highest BCUT2D eigenvalue weighted by molar-refractivity contribution is 5.94. The van der Waals surface area contributed by atoms with Crippen molar-refractivity contribution in [3.05, 3.63) is 77.1 Å². The summed E-state index contributed by atoms with van der Waals surface area (Å²) < 4.78 is 27.9. The lowest BCUT2D eigenvalue weighted by Gasteiger charge is -2.31. The second-order valence-corrected chi connectivity index (χ2v) is 7.55. The smallest absolute Gasteiger partial charge is 0.276 e. The van der Waals surface area contributed by atoms with Gasteiger partial charge in [0.05, 0.1) is 11.9 Å². The van der Waals surface area contributed by atoms with Crippen molar-refractivity contribution >= 4 is 11.8 Å². The molecule has 7 nitrogen and oxygen atoms in total. The van der Waals surface area contributed by atoms with Crippen LogP contribution in [-0.4, -0.2) is 50.8 Å². The first-order valence-electron chi connectivity index (χ1n) is 9.95. The Labute approximate surface area is 177 Å². The van der Waals surface area contributed by atoms with Crippen LogP contribution in [0.3, 0.4) is 0 Å². The highest BCUT2D eigenvalue weighted by atomic mass is 19.2. The van der Waals surface area contributed by atoms with Crippen LogP contribution >= 0.6 is 0 Å². The van der Waals surface area contributed by atoms with Gasteiger partial charge >= 0.3 is 0 Å². The second kappa shape index (κ2) is 8.63. The molecule has 1 aliphatic rings. The number of nitrogens with one attached hydrogen (secondary N) is 1. The lowest BCUT2D eigenvalue weighted by Crippen LogP contribution is -2.46. The second-order valence-electron chi connectivity index (χ2n) is 7.55. The number of rotatable bonds is 4. The number of carbonyl (C=O) groups is 2. The third kappa shape index (κ3) is 4.60. The number of nitrogens with zero attached hydrogens (tertiary/aromatic N) is 4. The average molecular weight is 425 g/mol. The highest BCUT2D eigenvalue weighted by Crippen LogP contribution is 2.16. The molecule has 1 aliphatic heterocycles. The van der Waals surface area contributed by atoms with Gasteiger partial charge in [-0.2, -0.15) is 0 Å². The molecule has 0 saturated carbocycles. The molecule has 0 bridgehead atoms. The van der Waals surface area contributed by atoms with Crippen molar-refractivity contribution < 1.29 is 18.4 Å². The monoisotopic (exact) mass is 425 g/mol. The number of piperidine rings is 1. The molecular weight excluding hydrogens is 404 g/mol. The van der Waals surface area contributed by atoms with Crippen LogP contribution in [0, 0.1) is 18.6 Å². The summed E-state index contributed by atoms with van der Waals surface area (Å²) in [6.07, 6.45) is 2.70. The van der Waals surface area contributed by atoms with Crippen molar-refractivity contribution in [2.45, 2.75) is 25.8 Å². The number of carbonyl (C=O) groups excluding carboxylic acids is 2. The first-order valence-corrected chi connectivity index (χ1v) is 9.95. The molecular formula is C22H21F2N5O2. The molecule has 2 heterocycles. The molecule has 2 aromatic carbocycles. The van der Waals surface area contributed by atoms with Crippen molar-refractivity contribution in [1.82, 2.24) is 25.2 Å². The molecule has 2 amide bonds. The molecule has 1 N–H and O–H groups in total. The van der Waals surface area contributed by atoms with E-state index in [0.29, 0.717) is 25.9 Å². The van der Waals surface area contributed by atoms with Gasteiger partial charge in [-0.05, 0) is 50.1 Å². The predicted molar refractivity (Wildman–Crippen MR) is 109 cm³/mol. The van der Waals surface area contributed by atoms with Crippen LogP contribution in [0.5, 0.6) is 0 Å². The number of hydrogen-bond acceptors (Lipinski definition) is 4. The first-order chi connectivity index (χ1) is 14.9. The van der Waals surface area contributed by atoms with E-state index in [1.165, 1.54) is 6.07 Å². The van der Waals surface area contributed by atoms with Crippen molar-refractivity contribution in [2.24, 2.45) is 0 Å². The van der Waals surface area contributed by atoms with Gasteiger partial charge in [-0.15, -0.1) is 5.10 Å². The highest BCUT2D eigenvalue weighted by Gasteiger charge is 2.26. The van der Waals surface area contributed by atoms with E-state index in [2.05, 4.69) is 15.6 Å². The van der Waals surface area contributed by atoms with Crippen molar-refractivity contribution in [2.75, 3.05) is 13.1 Å². The Balaban J connectivity index is 1.33. The minimum atomic E-state index is -1.06. The molecule has 0 radical (unpaired) electrons. The van der Waals surface area contributed by atoms with Gasteiger partial charge < -0.3 is 10.2 Å². The summed E-state index contributed by atoms with van der Waals surface area (Å²) in [4.78, 5) is 26.7. The Morgan fingerprint density at radius 1 is 1.03 bits per heavy atom. The molecule has 0 spiro atoms. The Morgan fingerprint density at radius 3 is 2.42 bits per heavy atom. The summed E-state index contributed by atoms with van der Waals surface area (Å²) in [5, 5.41) is 10.8. The number of benzene rings is 2. The number of aryl methyl sites for hydroxylation is 1. The lowest BCUT2D eigenvalue weighted by atomic mass is 10.0. The lowest BCUT2D eigenvalue weighted by molar-refractivity contribution is 0.0692. The zero-order chi connectivity index (χ0) is 22.0. The summed E-state index contributed by atoms with van der Waals surface area (Å²) in [5.41, 5.74) is 2.26. The minimum absolute atomic E-state index is 0.0603. The summed E-state index contributed by atoms with van der Waals surface area (Å²) in [6, 6.07) is 10.6. The van der Waals surface area contributed by atoms with Crippen molar-refractivity contribution in [1.29, 1.82) is 0 Å². The Morgan fingerprint density at radius 2 is 1.74 bits per heavy atom. The van der Waals surface area contributed by atoms with Crippen molar-refractivity contribution in [3.8, 4) is 5.69 Å². The van der Waals surface area contributed by atoms with Crippen LogP contribution in [0.2, 0.25) is 0 Å². The fourth-order valence-electron chi connectivity index (χ4n) is 3.48. The van der Waals surface area contributed by atoms with Crippen LogP contribution in [0.25, 0.3) is 5.69 Å². The minimum Gasteiger partial charge on any atom is -0.349 e. The van der Waals surface area contributed by atoms with Crippen LogP contribution < -0.4 is 5.32 Å². The van der Waals surface area contributed by atoms with Gasteiger partial charge in [0.15, 0.2) is 17.3 Å². The topological polar surface area (TPSA) is 80.1 Å². The largest absolute Gasteiger partial charge is 0.349 e. The summed E-state index contributed by atoms with van der Waals surface area (Å²) >= 11 is 0. The van der Waals surface area contributed by atoms with Gasteiger partial charge in [-0.25, -0.2) is 13.5 Å². The van der Waals surface area contributed by atoms with E-state index in [1.807, 2.05) is 31.2 Å². The van der Waals surface area contributed by atoms with Gasteiger partial charge in [0.1, 0.15) is 0 Å². The molecule has 31 heavy (non-hydrogen) atoms. The van der Waals surface area contributed by atoms with Gasteiger partial charge in [0, 0.05) is 24.7 Å². The molecule has 4 rings (SSSR count). The SMILES string of the molecule is Cc1ccc(-n2cc(C(=O)N3CCC(NC(=O)c4ccc(F)c(F)c4)CC3)nn2)cc1. The van der Waals surface area contributed by atoms with E-state index in [4.69, 9.17) is 0 Å². The Kier molecular flexibility index (Phi) is 5.75. The van der Waals surface area contributed by atoms with E-state index >= 15 is 0 Å². The molecule has 160 valence electrons. The number of amides is 2. The van der Waals surface area contributed by atoms with Gasteiger partial charge in [-0.1, -0.05) is 22.9 Å². The summed E-state index contributed by atoms with van der Waals surface area (Å²) in [5.74, 6) is -2.75. The molecule has 1 aromatic heterocycles. The standard InChI is InChI=1S/C22H21F2N5O2/c1-14-2-5-17(6-3-14)29-13-20(26-27-29)22(31)28-10-8-16(9-11-28)25-21(30)15-4-7-18(23)19(24)12-15/h2-7,12-13,16H,8-11H2,1H3,(H,25,30). The normalized spacial score (nSPS) is 14.5. The summed E-state index contributed by atoms with van der Waals surface area (Å²) in [7, 11) is 0. The maximum atomic E-state index is 13.3. The third-order valence-electron chi connectivity index (χ3n) is 5.31. The van der Waals surface area contributed by atoms with Crippen LogP contribution in [0.15, 0.2) is 48.7 Å². The Hall–Kier alpha value is -3.62. The molecule has 0 aliphatic carbocycles. The molecule has 0 unspecified atom stereocenters. The third-order valence-corrected chi connectivity index (χ3v) is 5.31. The zero-order valence-corrected chi connectivity index (χ0v) is 16.9.